The SMILES string of the molecule is CN=C(NCCCCCc1nc(-c2ccc(OC)cc2)no1)NCc1ncc(C)s1. The molecule has 3 aromatic rings. The molecule has 3 rings (SSSR count). The number of rotatable bonds is 10. The summed E-state index contributed by atoms with van der Waals surface area (Å²) in [7, 11) is 3.42. The number of hydrogen-bond donors (Lipinski definition) is 2. The number of nitrogens with one attached hydrogen (secondary N) is 2. The molecule has 0 unspecified atom stereocenters. The largest absolute Gasteiger partial charge is 0.497 e. The lowest BCUT2D eigenvalue weighted by Gasteiger charge is -2.10. The number of benzene rings is 1. The topological polar surface area (TPSA) is 97.5 Å². The molecule has 2 N–H and O–H groups in total. The van der Waals surface area contributed by atoms with Gasteiger partial charge in [0, 0.05) is 36.7 Å². The zero-order chi connectivity index (χ0) is 21.2. The Bertz CT molecular complexity index is 935. The van der Waals surface area contributed by atoms with Gasteiger partial charge in [0.2, 0.25) is 11.7 Å². The van der Waals surface area contributed by atoms with Crippen LogP contribution >= 0.6 is 11.3 Å². The molecule has 2 aromatic heterocycles. The number of hydrogen-bond acceptors (Lipinski definition) is 7. The third-order valence-corrected chi connectivity index (χ3v) is 5.39. The van der Waals surface area contributed by atoms with Gasteiger partial charge in [-0.1, -0.05) is 11.6 Å². The Labute approximate surface area is 180 Å². The third kappa shape index (κ3) is 6.55. The number of unbranched alkanes of at least 4 members (excludes halogenated alkanes) is 2. The van der Waals surface area contributed by atoms with E-state index in [0.29, 0.717) is 18.3 Å². The van der Waals surface area contributed by atoms with Crippen molar-refractivity contribution in [2.45, 2.75) is 39.2 Å². The summed E-state index contributed by atoms with van der Waals surface area (Å²) >= 11 is 1.69. The van der Waals surface area contributed by atoms with Gasteiger partial charge in [-0.25, -0.2) is 4.98 Å². The lowest BCUT2D eigenvalue weighted by Crippen LogP contribution is -2.37. The van der Waals surface area contributed by atoms with Crippen molar-refractivity contribution in [3.63, 3.8) is 0 Å². The fraction of sp³-hybridized carbons (Fsp3) is 0.429. The molecule has 0 atom stereocenters. The van der Waals surface area contributed by atoms with Gasteiger partial charge in [0.1, 0.15) is 10.8 Å². The molecule has 0 saturated heterocycles. The lowest BCUT2D eigenvalue weighted by atomic mass is 10.2. The van der Waals surface area contributed by atoms with Crippen molar-refractivity contribution in [1.29, 1.82) is 0 Å². The molecule has 0 aliphatic heterocycles. The fourth-order valence-electron chi connectivity index (χ4n) is 2.86. The summed E-state index contributed by atoms with van der Waals surface area (Å²) in [5.74, 6) is 2.88. The molecule has 0 fully saturated rings. The Balaban J connectivity index is 1.31. The minimum Gasteiger partial charge on any atom is -0.497 e. The number of ether oxygens (including phenoxy) is 1. The van der Waals surface area contributed by atoms with E-state index in [-0.39, 0.29) is 0 Å². The van der Waals surface area contributed by atoms with E-state index in [0.717, 1.165) is 54.5 Å². The van der Waals surface area contributed by atoms with E-state index in [1.807, 2.05) is 30.5 Å². The number of methoxy groups -OCH3 is 1. The fourth-order valence-corrected chi connectivity index (χ4v) is 3.59. The second kappa shape index (κ2) is 11.3. The average Bonchev–Trinajstić information content (AvgIpc) is 3.41. The van der Waals surface area contributed by atoms with Crippen LogP contribution in [-0.4, -0.2) is 41.8 Å². The summed E-state index contributed by atoms with van der Waals surface area (Å²) < 4.78 is 10.5. The van der Waals surface area contributed by atoms with E-state index in [1.54, 1.807) is 25.5 Å². The van der Waals surface area contributed by atoms with Crippen LogP contribution < -0.4 is 15.4 Å². The van der Waals surface area contributed by atoms with Crippen LogP contribution in [0.25, 0.3) is 11.4 Å². The van der Waals surface area contributed by atoms with Crippen molar-refractivity contribution < 1.29 is 9.26 Å². The maximum Gasteiger partial charge on any atom is 0.226 e. The first kappa shape index (κ1) is 21.8. The number of thiazole rings is 1. The lowest BCUT2D eigenvalue weighted by molar-refractivity contribution is 0.374. The molecule has 0 radical (unpaired) electrons. The highest BCUT2D eigenvalue weighted by atomic mass is 32.1. The summed E-state index contributed by atoms with van der Waals surface area (Å²) in [6, 6.07) is 7.63. The quantitative estimate of drug-likeness (QED) is 0.289. The first-order chi connectivity index (χ1) is 14.7. The minimum atomic E-state index is 0.611. The van der Waals surface area contributed by atoms with Gasteiger partial charge in [0.25, 0.3) is 0 Å². The standard InChI is InChI=1S/C21H28N6O2S/c1-15-13-24-19(30-15)14-25-21(22-2)23-12-6-4-5-7-18-26-20(27-29-18)16-8-10-17(28-3)11-9-16/h8-11,13H,4-7,12,14H2,1-3H3,(H2,22,23,25). The van der Waals surface area contributed by atoms with Crippen molar-refractivity contribution in [3.05, 3.63) is 46.2 Å². The normalized spacial score (nSPS) is 11.5. The van der Waals surface area contributed by atoms with E-state index < -0.39 is 0 Å². The molecule has 0 bridgehead atoms. The second-order valence-electron chi connectivity index (χ2n) is 6.77. The van der Waals surface area contributed by atoms with Crippen LogP contribution in [0.5, 0.6) is 5.75 Å². The Morgan fingerprint density at radius 1 is 1.17 bits per heavy atom. The predicted octanol–water partition coefficient (Wildman–Crippen LogP) is 3.59. The maximum atomic E-state index is 5.37. The molecular weight excluding hydrogens is 400 g/mol. The van der Waals surface area contributed by atoms with Gasteiger partial charge in [-0.05, 0) is 44.0 Å². The van der Waals surface area contributed by atoms with E-state index in [4.69, 9.17) is 9.26 Å². The van der Waals surface area contributed by atoms with Crippen molar-refractivity contribution in [2.75, 3.05) is 20.7 Å². The van der Waals surface area contributed by atoms with Gasteiger partial charge in [0.15, 0.2) is 5.96 Å². The van der Waals surface area contributed by atoms with Crippen molar-refractivity contribution in [1.82, 2.24) is 25.8 Å². The van der Waals surface area contributed by atoms with Gasteiger partial charge in [-0.2, -0.15) is 4.98 Å². The summed E-state index contributed by atoms with van der Waals surface area (Å²) in [5.41, 5.74) is 0.918. The van der Waals surface area contributed by atoms with Crippen molar-refractivity contribution in [2.24, 2.45) is 4.99 Å². The van der Waals surface area contributed by atoms with Crippen LogP contribution in [0.2, 0.25) is 0 Å². The molecule has 0 spiro atoms. The van der Waals surface area contributed by atoms with Gasteiger partial charge >= 0.3 is 0 Å². The maximum absolute atomic E-state index is 5.37. The Kier molecular flexibility index (Phi) is 8.20. The molecule has 2 heterocycles. The highest BCUT2D eigenvalue weighted by Gasteiger charge is 2.08. The highest BCUT2D eigenvalue weighted by Crippen LogP contribution is 2.20. The summed E-state index contributed by atoms with van der Waals surface area (Å²) in [6.07, 6.45) is 5.77. The third-order valence-electron chi connectivity index (χ3n) is 4.48. The van der Waals surface area contributed by atoms with Crippen molar-refractivity contribution >= 4 is 17.3 Å². The highest BCUT2D eigenvalue weighted by molar-refractivity contribution is 7.11. The molecule has 9 heteroatoms. The summed E-state index contributed by atoms with van der Waals surface area (Å²) in [5, 5.41) is 11.8. The molecule has 0 aliphatic rings. The van der Waals surface area contributed by atoms with E-state index in [9.17, 15) is 0 Å². The number of guanidine groups is 1. The van der Waals surface area contributed by atoms with Crippen molar-refractivity contribution in [3.8, 4) is 17.1 Å². The number of aryl methyl sites for hydroxylation is 2. The number of aromatic nitrogens is 3. The Morgan fingerprint density at radius 2 is 2.00 bits per heavy atom. The Hall–Kier alpha value is -2.94. The summed E-state index contributed by atoms with van der Waals surface area (Å²) in [4.78, 5) is 14.3. The second-order valence-corrected chi connectivity index (χ2v) is 8.09. The van der Waals surface area contributed by atoms with Crippen LogP contribution in [0.1, 0.15) is 35.0 Å². The van der Waals surface area contributed by atoms with Gasteiger partial charge < -0.3 is 19.9 Å². The average molecular weight is 429 g/mol. The van der Waals surface area contributed by atoms with Crippen LogP contribution in [0.15, 0.2) is 40.0 Å². The molecule has 8 nitrogen and oxygen atoms in total. The summed E-state index contributed by atoms with van der Waals surface area (Å²) in [6.45, 7) is 3.60. The number of nitrogens with zero attached hydrogens (tertiary/aromatic N) is 4. The molecule has 30 heavy (non-hydrogen) atoms. The van der Waals surface area contributed by atoms with E-state index in [2.05, 4.69) is 37.7 Å². The zero-order valence-electron chi connectivity index (χ0n) is 17.6. The predicted molar refractivity (Wildman–Crippen MR) is 119 cm³/mol. The molecule has 0 saturated carbocycles. The molecule has 1 aromatic carbocycles. The van der Waals surface area contributed by atoms with Gasteiger partial charge in [-0.15, -0.1) is 11.3 Å². The van der Waals surface area contributed by atoms with Crippen LogP contribution in [0.4, 0.5) is 0 Å². The minimum absolute atomic E-state index is 0.611. The zero-order valence-corrected chi connectivity index (χ0v) is 18.5. The van der Waals surface area contributed by atoms with Crippen LogP contribution in [0, 0.1) is 6.92 Å². The monoisotopic (exact) mass is 428 g/mol. The van der Waals surface area contributed by atoms with Crippen LogP contribution in [-0.2, 0) is 13.0 Å². The number of aliphatic imine (C=N–C) groups is 1. The van der Waals surface area contributed by atoms with E-state index >= 15 is 0 Å². The first-order valence-electron chi connectivity index (χ1n) is 10.0. The van der Waals surface area contributed by atoms with E-state index in [1.165, 1.54) is 4.88 Å². The molecule has 0 amide bonds. The molecule has 0 aliphatic carbocycles. The van der Waals surface area contributed by atoms with Crippen LogP contribution in [0.3, 0.4) is 0 Å². The Morgan fingerprint density at radius 3 is 2.70 bits per heavy atom. The van der Waals surface area contributed by atoms with Gasteiger partial charge in [-0.3, -0.25) is 4.99 Å². The smallest absolute Gasteiger partial charge is 0.226 e. The molecule has 160 valence electrons. The molecular formula is C21H28N6O2S. The van der Waals surface area contributed by atoms with Gasteiger partial charge in [0.05, 0.1) is 13.7 Å². The first-order valence-corrected chi connectivity index (χ1v) is 10.8.